The Hall–Kier alpha value is -3.27. The summed E-state index contributed by atoms with van der Waals surface area (Å²) in [7, 11) is -3.48. The van der Waals surface area contributed by atoms with Gasteiger partial charge in [-0.15, -0.1) is 0 Å². The average molecular weight is 461 g/mol. The highest BCUT2D eigenvalue weighted by Gasteiger charge is 2.42. The van der Waals surface area contributed by atoms with Crippen LogP contribution in [0.3, 0.4) is 0 Å². The van der Waals surface area contributed by atoms with Crippen LogP contribution in [0.5, 0.6) is 11.5 Å². The van der Waals surface area contributed by atoms with Crippen LogP contribution in [0.25, 0.3) is 0 Å². The topological polar surface area (TPSA) is 120 Å². The summed E-state index contributed by atoms with van der Waals surface area (Å²) in [5.74, 6) is -0.632. The van der Waals surface area contributed by atoms with Gasteiger partial charge in [-0.1, -0.05) is 12.5 Å². The summed E-state index contributed by atoms with van der Waals surface area (Å²) >= 11 is 0. The van der Waals surface area contributed by atoms with Gasteiger partial charge in [0, 0.05) is 30.3 Å². The monoisotopic (exact) mass is 460 g/mol. The van der Waals surface area contributed by atoms with Crippen molar-refractivity contribution in [1.29, 1.82) is 0 Å². The van der Waals surface area contributed by atoms with Gasteiger partial charge in [0.25, 0.3) is 11.7 Å². The summed E-state index contributed by atoms with van der Waals surface area (Å²) in [5.41, 5.74) is 0.843. The van der Waals surface area contributed by atoms with Crippen LogP contribution in [0.4, 0.5) is 11.4 Å². The molecule has 0 aromatic heterocycles. The van der Waals surface area contributed by atoms with Gasteiger partial charge in [0.2, 0.25) is 10.0 Å². The molecular weight excluding hydrogens is 436 g/mol. The summed E-state index contributed by atoms with van der Waals surface area (Å²) in [5, 5.41) is 2.67. The van der Waals surface area contributed by atoms with Gasteiger partial charge in [-0.3, -0.25) is 9.52 Å². The van der Waals surface area contributed by atoms with E-state index in [2.05, 4.69) is 10.0 Å². The van der Waals surface area contributed by atoms with Crippen LogP contribution < -0.4 is 19.5 Å². The van der Waals surface area contributed by atoms with Gasteiger partial charge in [0.15, 0.2) is 18.1 Å². The largest absolute Gasteiger partial charge is 0.452 e. The van der Waals surface area contributed by atoms with E-state index >= 15 is 0 Å². The summed E-state index contributed by atoms with van der Waals surface area (Å²) < 4.78 is 42.1. The van der Waals surface area contributed by atoms with Crippen molar-refractivity contribution in [2.45, 2.75) is 37.9 Å². The van der Waals surface area contributed by atoms with E-state index in [9.17, 15) is 18.0 Å². The molecule has 2 aliphatic rings. The van der Waals surface area contributed by atoms with Crippen molar-refractivity contribution in [2.75, 3.05) is 22.9 Å². The fourth-order valence-electron chi connectivity index (χ4n) is 3.80. The number of rotatable bonds is 6. The third-order valence-corrected chi connectivity index (χ3v) is 5.78. The van der Waals surface area contributed by atoms with Crippen molar-refractivity contribution in [3.8, 4) is 11.5 Å². The van der Waals surface area contributed by atoms with Crippen LogP contribution in [-0.4, -0.2) is 38.9 Å². The molecule has 2 N–H and O–H groups in total. The SMILES string of the molecule is CS(=O)(=O)Nc1cccc(C(=O)OCC(=O)Nc2ccc3c(c2)OC2(CCCCC2)O3)c1. The summed E-state index contributed by atoms with van der Waals surface area (Å²) in [6.45, 7) is -0.499. The Morgan fingerprint density at radius 3 is 2.50 bits per heavy atom. The second kappa shape index (κ2) is 8.70. The number of carbonyl (C=O) groups excluding carboxylic acids is 2. The lowest BCUT2D eigenvalue weighted by Gasteiger charge is -2.31. The van der Waals surface area contributed by atoms with Crippen molar-refractivity contribution in [3.63, 3.8) is 0 Å². The zero-order valence-corrected chi connectivity index (χ0v) is 18.4. The molecule has 1 heterocycles. The smallest absolute Gasteiger partial charge is 0.338 e. The molecule has 9 nitrogen and oxygen atoms in total. The fourth-order valence-corrected chi connectivity index (χ4v) is 4.36. The zero-order valence-electron chi connectivity index (χ0n) is 17.6. The van der Waals surface area contributed by atoms with Crippen molar-refractivity contribution >= 4 is 33.3 Å². The average Bonchev–Trinajstić information content (AvgIpc) is 3.08. The summed E-state index contributed by atoms with van der Waals surface area (Å²) in [6, 6.07) is 11.0. The first-order valence-corrected chi connectivity index (χ1v) is 12.2. The predicted octanol–water partition coefficient (Wildman–Crippen LogP) is 3.29. The normalized spacial score (nSPS) is 16.4. The lowest BCUT2D eigenvalue weighted by molar-refractivity contribution is -0.119. The van der Waals surface area contributed by atoms with Crippen LogP contribution in [0.15, 0.2) is 42.5 Å². The van der Waals surface area contributed by atoms with Gasteiger partial charge < -0.3 is 19.5 Å². The number of benzene rings is 2. The van der Waals surface area contributed by atoms with Crippen LogP contribution >= 0.6 is 0 Å². The van der Waals surface area contributed by atoms with Crippen molar-refractivity contribution < 1.29 is 32.2 Å². The molecule has 0 atom stereocenters. The second-order valence-corrected chi connectivity index (χ2v) is 9.66. The zero-order chi connectivity index (χ0) is 22.8. The quantitative estimate of drug-likeness (QED) is 0.635. The van der Waals surface area contributed by atoms with Crippen molar-refractivity contribution in [3.05, 3.63) is 48.0 Å². The van der Waals surface area contributed by atoms with Crippen LogP contribution in [0.2, 0.25) is 0 Å². The molecule has 1 aliphatic heterocycles. The maximum Gasteiger partial charge on any atom is 0.338 e. The van der Waals surface area contributed by atoms with Crippen molar-refractivity contribution in [2.24, 2.45) is 0 Å². The van der Waals surface area contributed by atoms with E-state index in [1.54, 1.807) is 18.2 Å². The van der Waals surface area contributed by atoms with E-state index < -0.39 is 34.3 Å². The van der Waals surface area contributed by atoms with E-state index in [1.165, 1.54) is 30.7 Å². The second-order valence-electron chi connectivity index (χ2n) is 7.92. The molecule has 0 bridgehead atoms. The number of esters is 1. The van der Waals surface area contributed by atoms with E-state index in [-0.39, 0.29) is 11.3 Å². The Kier molecular flexibility index (Phi) is 5.96. The first-order chi connectivity index (χ1) is 15.2. The first-order valence-electron chi connectivity index (χ1n) is 10.3. The molecule has 0 radical (unpaired) electrons. The Bertz CT molecular complexity index is 1140. The highest BCUT2D eigenvalue weighted by molar-refractivity contribution is 7.92. The minimum Gasteiger partial charge on any atom is -0.452 e. The Morgan fingerprint density at radius 1 is 1.00 bits per heavy atom. The molecule has 2 aromatic carbocycles. The minimum absolute atomic E-state index is 0.118. The Balaban J connectivity index is 1.32. The number of amides is 1. The summed E-state index contributed by atoms with van der Waals surface area (Å²) in [4.78, 5) is 24.5. The molecule has 1 saturated carbocycles. The van der Waals surface area contributed by atoms with Gasteiger partial charge in [0.1, 0.15) is 0 Å². The molecule has 1 spiro atoms. The molecule has 10 heteroatoms. The molecule has 0 saturated heterocycles. The van der Waals surface area contributed by atoms with E-state index in [1.807, 2.05) is 0 Å². The number of anilines is 2. The number of carbonyl (C=O) groups is 2. The molecule has 0 unspecified atom stereocenters. The Labute approximate surface area is 186 Å². The molecular formula is C22H24N2O7S. The van der Waals surface area contributed by atoms with E-state index in [0.717, 1.165) is 31.9 Å². The standard InChI is InChI=1S/C22H24N2O7S/c1-32(27,28)24-17-7-5-6-15(12-17)21(26)29-14-20(25)23-16-8-9-18-19(13-16)31-22(30-18)10-3-2-4-11-22/h5-9,12-13,24H,2-4,10-11,14H2,1H3,(H,23,25). The van der Waals surface area contributed by atoms with Crippen molar-refractivity contribution in [1.82, 2.24) is 0 Å². The number of hydrogen-bond donors (Lipinski definition) is 2. The number of hydrogen-bond acceptors (Lipinski definition) is 7. The van der Waals surface area contributed by atoms with E-state index in [0.29, 0.717) is 17.2 Å². The minimum atomic E-state index is -3.48. The third-order valence-electron chi connectivity index (χ3n) is 5.17. The van der Waals surface area contributed by atoms with Crippen LogP contribution in [-0.2, 0) is 19.6 Å². The molecule has 32 heavy (non-hydrogen) atoms. The summed E-state index contributed by atoms with van der Waals surface area (Å²) in [6.07, 6.45) is 5.95. The number of fused-ring (bicyclic) bond motifs is 1. The molecule has 1 aliphatic carbocycles. The van der Waals surface area contributed by atoms with Gasteiger partial charge in [0.05, 0.1) is 11.8 Å². The number of nitrogens with one attached hydrogen (secondary N) is 2. The van der Waals surface area contributed by atoms with Gasteiger partial charge >= 0.3 is 5.97 Å². The lowest BCUT2D eigenvalue weighted by Crippen LogP contribution is -2.40. The van der Waals surface area contributed by atoms with Gasteiger partial charge in [-0.05, 0) is 43.2 Å². The Morgan fingerprint density at radius 2 is 1.75 bits per heavy atom. The van der Waals surface area contributed by atoms with Gasteiger partial charge in [-0.25, -0.2) is 13.2 Å². The molecule has 1 amide bonds. The van der Waals surface area contributed by atoms with E-state index in [4.69, 9.17) is 14.2 Å². The molecule has 170 valence electrons. The van der Waals surface area contributed by atoms with Crippen LogP contribution in [0.1, 0.15) is 42.5 Å². The predicted molar refractivity (Wildman–Crippen MR) is 117 cm³/mol. The maximum absolute atomic E-state index is 12.2. The highest BCUT2D eigenvalue weighted by atomic mass is 32.2. The number of sulfonamides is 1. The van der Waals surface area contributed by atoms with Gasteiger partial charge in [-0.2, -0.15) is 0 Å². The molecule has 2 aromatic rings. The lowest BCUT2D eigenvalue weighted by atomic mass is 9.94. The molecule has 4 rings (SSSR count). The first kappa shape index (κ1) is 21.9. The third kappa shape index (κ3) is 5.31. The maximum atomic E-state index is 12.2. The fraction of sp³-hybridized carbons (Fsp3) is 0.364. The van der Waals surface area contributed by atoms with Crippen LogP contribution in [0, 0.1) is 0 Å². The number of ether oxygens (including phenoxy) is 3. The molecule has 1 fully saturated rings. The highest BCUT2D eigenvalue weighted by Crippen LogP contribution is 2.46.